The van der Waals surface area contributed by atoms with Crippen molar-refractivity contribution in [2.24, 2.45) is 0 Å². The zero-order chi connectivity index (χ0) is 14.9. The first-order valence-electron chi connectivity index (χ1n) is 6.60. The summed E-state index contributed by atoms with van der Waals surface area (Å²) in [7, 11) is 0. The van der Waals surface area contributed by atoms with Crippen molar-refractivity contribution in [3.8, 4) is 6.07 Å². The van der Waals surface area contributed by atoms with E-state index >= 15 is 0 Å². The van der Waals surface area contributed by atoms with Gasteiger partial charge in [-0.1, -0.05) is 0 Å². The molecular weight excluding hydrogens is 273 g/mol. The Kier molecular flexibility index (Phi) is 3.41. The van der Waals surface area contributed by atoms with E-state index in [1.807, 2.05) is 11.0 Å². The lowest BCUT2D eigenvalue weighted by molar-refractivity contribution is 0.0407. The van der Waals surface area contributed by atoms with Gasteiger partial charge in [-0.3, -0.25) is 4.90 Å². The Morgan fingerprint density at radius 1 is 1.52 bits per heavy atom. The standard InChI is InChI=1S/C14H14FN5O/c15-12-2-1-10(6-16)5-11(12)8-20-4-3-14(21,9-20)13-7-17-19-18-13/h1-2,5,7,21H,3-4,8-9H2,(H,17,18,19)/t14-/m1/s1. The second-order valence-corrected chi connectivity index (χ2v) is 5.27. The molecule has 0 unspecified atom stereocenters. The maximum Gasteiger partial charge on any atom is 0.127 e. The molecule has 7 heteroatoms. The Balaban J connectivity index is 1.75. The lowest BCUT2D eigenvalue weighted by atomic mass is 10.00. The number of nitrogens with one attached hydrogen (secondary N) is 1. The number of hydrogen-bond donors (Lipinski definition) is 2. The number of nitriles is 1. The third-order valence-corrected chi connectivity index (χ3v) is 3.79. The molecule has 2 aromatic rings. The second kappa shape index (κ2) is 5.24. The van der Waals surface area contributed by atoms with E-state index in [-0.39, 0.29) is 5.82 Å². The van der Waals surface area contributed by atoms with E-state index in [0.717, 1.165) is 0 Å². The van der Waals surface area contributed by atoms with Crippen molar-refractivity contribution in [3.63, 3.8) is 0 Å². The molecule has 1 fully saturated rings. The highest BCUT2D eigenvalue weighted by Gasteiger charge is 2.39. The van der Waals surface area contributed by atoms with E-state index < -0.39 is 5.60 Å². The van der Waals surface area contributed by atoms with Gasteiger partial charge in [0, 0.05) is 25.2 Å². The fourth-order valence-corrected chi connectivity index (χ4v) is 2.65. The number of rotatable bonds is 3. The molecule has 0 bridgehead atoms. The highest BCUT2D eigenvalue weighted by molar-refractivity contribution is 5.33. The number of likely N-dealkylation sites (tertiary alicyclic amines) is 1. The zero-order valence-corrected chi connectivity index (χ0v) is 11.3. The minimum absolute atomic E-state index is 0.342. The first kappa shape index (κ1) is 13.7. The van der Waals surface area contributed by atoms with Crippen LogP contribution >= 0.6 is 0 Å². The van der Waals surface area contributed by atoms with Crippen LogP contribution in [0.1, 0.15) is 23.2 Å². The molecule has 21 heavy (non-hydrogen) atoms. The van der Waals surface area contributed by atoms with Gasteiger partial charge in [-0.25, -0.2) is 4.39 Å². The number of aromatic nitrogens is 3. The van der Waals surface area contributed by atoms with Crippen molar-refractivity contribution in [1.29, 1.82) is 5.26 Å². The van der Waals surface area contributed by atoms with Gasteiger partial charge in [0.1, 0.15) is 17.1 Å². The Morgan fingerprint density at radius 2 is 2.38 bits per heavy atom. The van der Waals surface area contributed by atoms with Gasteiger partial charge in [-0.15, -0.1) is 0 Å². The van der Waals surface area contributed by atoms with Crippen LogP contribution < -0.4 is 0 Å². The molecule has 6 nitrogen and oxygen atoms in total. The van der Waals surface area contributed by atoms with Crippen molar-refractivity contribution in [2.75, 3.05) is 13.1 Å². The Labute approximate surface area is 120 Å². The zero-order valence-electron chi connectivity index (χ0n) is 11.3. The van der Waals surface area contributed by atoms with Crippen LogP contribution in [0.4, 0.5) is 4.39 Å². The first-order chi connectivity index (χ1) is 10.1. The number of β-amino-alcohol motifs (C(OH)–C–C–N with tert-alkyl or cyclic N) is 1. The molecule has 0 saturated carbocycles. The Morgan fingerprint density at radius 3 is 3.10 bits per heavy atom. The summed E-state index contributed by atoms with van der Waals surface area (Å²) in [5, 5.41) is 29.6. The fourth-order valence-electron chi connectivity index (χ4n) is 2.65. The van der Waals surface area contributed by atoms with E-state index in [9.17, 15) is 9.50 Å². The Bertz CT molecular complexity index is 681. The molecule has 0 aliphatic carbocycles. The number of benzene rings is 1. The molecule has 1 atom stereocenters. The van der Waals surface area contributed by atoms with E-state index in [0.29, 0.717) is 42.9 Å². The number of halogens is 1. The van der Waals surface area contributed by atoms with E-state index in [4.69, 9.17) is 5.26 Å². The van der Waals surface area contributed by atoms with Crippen LogP contribution in [0.25, 0.3) is 0 Å². The minimum Gasteiger partial charge on any atom is -0.382 e. The third kappa shape index (κ3) is 2.63. The lowest BCUT2D eigenvalue weighted by Crippen LogP contribution is -2.31. The van der Waals surface area contributed by atoms with Crippen molar-refractivity contribution < 1.29 is 9.50 Å². The molecule has 1 aromatic carbocycles. The maximum atomic E-state index is 13.8. The largest absolute Gasteiger partial charge is 0.382 e. The molecule has 108 valence electrons. The number of hydrogen-bond acceptors (Lipinski definition) is 5. The number of nitrogens with zero attached hydrogens (tertiary/aromatic N) is 4. The molecular formula is C14H14FN5O. The summed E-state index contributed by atoms with van der Waals surface area (Å²) in [6.45, 7) is 1.33. The smallest absolute Gasteiger partial charge is 0.127 e. The topological polar surface area (TPSA) is 88.8 Å². The summed E-state index contributed by atoms with van der Waals surface area (Å²) < 4.78 is 13.8. The number of aromatic amines is 1. The van der Waals surface area contributed by atoms with Gasteiger partial charge in [0.2, 0.25) is 0 Å². The molecule has 0 amide bonds. The summed E-state index contributed by atoms with van der Waals surface area (Å²) in [5.41, 5.74) is 0.322. The number of aliphatic hydroxyl groups is 1. The second-order valence-electron chi connectivity index (χ2n) is 5.27. The molecule has 1 aliphatic rings. The quantitative estimate of drug-likeness (QED) is 0.876. The van der Waals surface area contributed by atoms with Gasteiger partial charge in [0.25, 0.3) is 0 Å². The van der Waals surface area contributed by atoms with E-state index in [1.54, 1.807) is 6.07 Å². The average Bonchev–Trinajstić information content (AvgIpc) is 3.12. The Hall–Kier alpha value is -2.30. The average molecular weight is 287 g/mol. The number of H-pyrrole nitrogens is 1. The highest BCUT2D eigenvalue weighted by Crippen LogP contribution is 2.31. The van der Waals surface area contributed by atoms with Gasteiger partial charge < -0.3 is 5.11 Å². The summed E-state index contributed by atoms with van der Waals surface area (Å²) in [6.07, 6.45) is 2.01. The summed E-state index contributed by atoms with van der Waals surface area (Å²) in [5.74, 6) is -0.342. The van der Waals surface area contributed by atoms with E-state index in [1.165, 1.54) is 18.3 Å². The summed E-state index contributed by atoms with van der Waals surface area (Å²) in [4.78, 5) is 1.94. The molecule has 0 spiro atoms. The van der Waals surface area contributed by atoms with Gasteiger partial charge in [0.05, 0.1) is 17.8 Å². The molecule has 0 radical (unpaired) electrons. The summed E-state index contributed by atoms with van der Waals surface area (Å²) in [6, 6.07) is 6.30. The third-order valence-electron chi connectivity index (χ3n) is 3.79. The lowest BCUT2D eigenvalue weighted by Gasteiger charge is -2.21. The van der Waals surface area contributed by atoms with Gasteiger partial charge >= 0.3 is 0 Å². The van der Waals surface area contributed by atoms with Gasteiger partial charge in [0.15, 0.2) is 0 Å². The van der Waals surface area contributed by atoms with Crippen LogP contribution in [0.15, 0.2) is 24.4 Å². The summed E-state index contributed by atoms with van der Waals surface area (Å²) >= 11 is 0. The van der Waals surface area contributed by atoms with Crippen LogP contribution in [0, 0.1) is 17.1 Å². The van der Waals surface area contributed by atoms with Crippen LogP contribution in [-0.2, 0) is 12.1 Å². The SMILES string of the molecule is N#Cc1ccc(F)c(CN2CC[C@](O)(c3cn[nH]n3)C2)c1. The van der Waals surface area contributed by atoms with E-state index in [2.05, 4.69) is 15.4 Å². The van der Waals surface area contributed by atoms with Crippen molar-refractivity contribution >= 4 is 0 Å². The van der Waals surface area contributed by atoms with Crippen LogP contribution in [-0.4, -0.2) is 38.5 Å². The van der Waals surface area contributed by atoms with Crippen molar-refractivity contribution in [1.82, 2.24) is 20.3 Å². The normalized spacial score (nSPS) is 22.3. The van der Waals surface area contributed by atoms with Crippen LogP contribution in [0.5, 0.6) is 0 Å². The fraction of sp³-hybridized carbons (Fsp3) is 0.357. The highest BCUT2D eigenvalue weighted by atomic mass is 19.1. The molecule has 2 N–H and O–H groups in total. The predicted molar refractivity (Wildman–Crippen MR) is 71.3 cm³/mol. The van der Waals surface area contributed by atoms with Crippen molar-refractivity contribution in [3.05, 3.63) is 47.0 Å². The van der Waals surface area contributed by atoms with Gasteiger partial charge in [-0.2, -0.15) is 20.7 Å². The molecule has 1 aliphatic heterocycles. The molecule has 1 aromatic heterocycles. The predicted octanol–water partition coefficient (Wildman–Crippen LogP) is 0.909. The van der Waals surface area contributed by atoms with Crippen molar-refractivity contribution in [2.45, 2.75) is 18.6 Å². The molecule has 3 rings (SSSR count). The van der Waals surface area contributed by atoms with Crippen LogP contribution in [0.3, 0.4) is 0 Å². The monoisotopic (exact) mass is 287 g/mol. The maximum absolute atomic E-state index is 13.8. The molecule has 2 heterocycles. The first-order valence-corrected chi connectivity index (χ1v) is 6.60. The molecule has 1 saturated heterocycles. The van der Waals surface area contributed by atoms with Crippen LogP contribution in [0.2, 0.25) is 0 Å². The minimum atomic E-state index is -1.06. The van der Waals surface area contributed by atoms with Gasteiger partial charge in [-0.05, 0) is 24.6 Å².